The molecule has 0 aromatic carbocycles. The van der Waals surface area contributed by atoms with Gasteiger partial charge in [0.25, 0.3) is 5.91 Å². The van der Waals surface area contributed by atoms with E-state index in [-0.39, 0.29) is 12.6 Å². The van der Waals surface area contributed by atoms with Crippen molar-refractivity contribution in [2.75, 3.05) is 24.6 Å². The molecule has 22 heavy (non-hydrogen) atoms. The van der Waals surface area contributed by atoms with Crippen molar-refractivity contribution in [1.29, 1.82) is 0 Å². The number of amides is 1. The molecule has 1 aromatic rings. The summed E-state index contributed by atoms with van der Waals surface area (Å²) in [4.78, 5) is 28.7. The van der Waals surface area contributed by atoms with Gasteiger partial charge in [-0.3, -0.25) is 9.59 Å². The maximum atomic E-state index is 11.5. The zero-order chi connectivity index (χ0) is 15.9. The Labute approximate surface area is 138 Å². The van der Waals surface area contributed by atoms with Crippen LogP contribution in [-0.2, 0) is 14.3 Å². The lowest BCUT2D eigenvalue weighted by atomic mass is 9.92. The lowest BCUT2D eigenvalue weighted by Crippen LogP contribution is -2.34. The van der Waals surface area contributed by atoms with E-state index in [2.05, 4.69) is 25.8 Å². The van der Waals surface area contributed by atoms with Crippen LogP contribution in [0.5, 0.6) is 0 Å². The van der Waals surface area contributed by atoms with Gasteiger partial charge in [-0.25, -0.2) is 4.98 Å². The van der Waals surface area contributed by atoms with Crippen molar-refractivity contribution in [2.24, 2.45) is 11.7 Å². The summed E-state index contributed by atoms with van der Waals surface area (Å²) in [7, 11) is 0. The Hall–Kier alpha value is -1.63. The molecule has 0 saturated carbocycles. The van der Waals surface area contributed by atoms with E-state index in [0.29, 0.717) is 12.3 Å². The minimum Gasteiger partial charge on any atom is -0.456 e. The molecular formula is C15H20BrN3O3. The SMILES string of the molecule is NC(=O)COC(=O)CCC1CCN(c2cccc(Br)n2)CC1. The van der Waals surface area contributed by atoms with Crippen LogP contribution in [0.2, 0.25) is 0 Å². The number of rotatable bonds is 6. The third-order valence-corrected chi connectivity index (χ3v) is 4.21. The number of halogens is 1. The standard InChI is InChI=1S/C15H20BrN3O3/c16-12-2-1-3-14(18-12)19-8-6-11(7-9-19)4-5-15(21)22-10-13(17)20/h1-3,11H,4-10H2,(H2,17,20). The number of hydrogen-bond acceptors (Lipinski definition) is 5. The number of nitrogens with two attached hydrogens (primary N) is 1. The maximum Gasteiger partial charge on any atom is 0.306 e. The zero-order valence-corrected chi connectivity index (χ0v) is 13.9. The molecule has 0 atom stereocenters. The van der Waals surface area contributed by atoms with Crippen molar-refractivity contribution < 1.29 is 14.3 Å². The molecule has 2 N–H and O–H groups in total. The Balaban J connectivity index is 1.71. The fourth-order valence-electron chi connectivity index (χ4n) is 2.57. The molecule has 2 heterocycles. The number of carbonyl (C=O) groups excluding carboxylic acids is 2. The summed E-state index contributed by atoms with van der Waals surface area (Å²) in [6.07, 6.45) is 3.18. The fraction of sp³-hybridized carbons (Fsp3) is 0.533. The molecule has 1 amide bonds. The van der Waals surface area contributed by atoms with Gasteiger partial charge in [0.05, 0.1) is 0 Å². The van der Waals surface area contributed by atoms with E-state index < -0.39 is 5.91 Å². The van der Waals surface area contributed by atoms with E-state index in [1.807, 2.05) is 18.2 Å². The van der Waals surface area contributed by atoms with Crippen molar-refractivity contribution in [3.8, 4) is 0 Å². The molecule has 6 nitrogen and oxygen atoms in total. The predicted octanol–water partition coefficient (Wildman–Crippen LogP) is 1.87. The van der Waals surface area contributed by atoms with Gasteiger partial charge in [0.15, 0.2) is 6.61 Å². The summed E-state index contributed by atoms with van der Waals surface area (Å²) >= 11 is 3.38. The average Bonchev–Trinajstić information content (AvgIpc) is 2.51. The number of primary amides is 1. The number of aromatic nitrogens is 1. The van der Waals surface area contributed by atoms with Crippen molar-refractivity contribution >= 4 is 33.6 Å². The van der Waals surface area contributed by atoms with Gasteiger partial charge < -0.3 is 15.4 Å². The Morgan fingerprint density at radius 3 is 2.73 bits per heavy atom. The second-order valence-corrected chi connectivity index (χ2v) is 6.23. The number of nitrogens with zero attached hydrogens (tertiary/aromatic N) is 2. The summed E-state index contributed by atoms with van der Waals surface area (Å²) in [6.45, 7) is 1.54. The molecule has 120 valence electrons. The van der Waals surface area contributed by atoms with Crippen LogP contribution in [0.4, 0.5) is 5.82 Å². The summed E-state index contributed by atoms with van der Waals surface area (Å²) in [6, 6.07) is 5.90. The van der Waals surface area contributed by atoms with Crippen molar-refractivity contribution in [3.63, 3.8) is 0 Å². The number of hydrogen-bond donors (Lipinski definition) is 1. The Bertz CT molecular complexity index is 531. The van der Waals surface area contributed by atoms with Gasteiger partial charge in [-0.15, -0.1) is 0 Å². The zero-order valence-electron chi connectivity index (χ0n) is 12.3. The van der Waals surface area contributed by atoms with Crippen molar-refractivity contribution in [2.45, 2.75) is 25.7 Å². The van der Waals surface area contributed by atoms with E-state index in [9.17, 15) is 9.59 Å². The highest BCUT2D eigenvalue weighted by atomic mass is 79.9. The van der Waals surface area contributed by atoms with Crippen LogP contribution in [0.15, 0.2) is 22.8 Å². The number of esters is 1. The highest BCUT2D eigenvalue weighted by molar-refractivity contribution is 9.10. The number of pyridine rings is 1. The topological polar surface area (TPSA) is 85.5 Å². The van der Waals surface area contributed by atoms with E-state index in [4.69, 9.17) is 10.5 Å². The number of ether oxygens (including phenoxy) is 1. The fourth-order valence-corrected chi connectivity index (χ4v) is 2.90. The van der Waals surface area contributed by atoms with Crippen LogP contribution in [0.1, 0.15) is 25.7 Å². The van der Waals surface area contributed by atoms with Gasteiger partial charge in [-0.05, 0) is 53.2 Å². The number of piperidine rings is 1. The molecule has 0 bridgehead atoms. The van der Waals surface area contributed by atoms with Crippen LogP contribution in [0, 0.1) is 5.92 Å². The second kappa shape index (κ2) is 8.12. The molecule has 0 radical (unpaired) electrons. The van der Waals surface area contributed by atoms with E-state index in [1.165, 1.54) is 0 Å². The molecule has 0 unspecified atom stereocenters. The smallest absolute Gasteiger partial charge is 0.306 e. The quantitative estimate of drug-likeness (QED) is 0.610. The van der Waals surface area contributed by atoms with Crippen molar-refractivity contribution in [1.82, 2.24) is 4.98 Å². The molecule has 0 spiro atoms. The number of carbonyl (C=O) groups is 2. The molecular weight excluding hydrogens is 350 g/mol. The van der Waals surface area contributed by atoms with E-state index >= 15 is 0 Å². The van der Waals surface area contributed by atoms with Crippen LogP contribution >= 0.6 is 15.9 Å². The molecule has 0 aliphatic carbocycles. The molecule has 1 aliphatic rings. The van der Waals surface area contributed by atoms with Crippen LogP contribution < -0.4 is 10.6 Å². The summed E-state index contributed by atoms with van der Waals surface area (Å²) in [5.74, 6) is 0.510. The van der Waals surface area contributed by atoms with Crippen molar-refractivity contribution in [3.05, 3.63) is 22.8 Å². The van der Waals surface area contributed by atoms with Gasteiger partial charge in [0, 0.05) is 19.5 Å². The maximum absolute atomic E-state index is 11.5. The molecule has 1 aromatic heterocycles. The molecule has 1 fully saturated rings. The predicted molar refractivity (Wildman–Crippen MR) is 86.3 cm³/mol. The first kappa shape index (κ1) is 16.7. The monoisotopic (exact) mass is 369 g/mol. The first-order valence-electron chi connectivity index (χ1n) is 7.36. The Morgan fingerprint density at radius 2 is 2.09 bits per heavy atom. The highest BCUT2D eigenvalue weighted by Gasteiger charge is 2.21. The second-order valence-electron chi connectivity index (χ2n) is 5.41. The molecule has 1 aliphatic heterocycles. The van der Waals surface area contributed by atoms with Gasteiger partial charge in [-0.2, -0.15) is 0 Å². The minimum atomic E-state index is -0.622. The van der Waals surface area contributed by atoms with Crippen LogP contribution in [0.3, 0.4) is 0 Å². The largest absolute Gasteiger partial charge is 0.456 e. The van der Waals surface area contributed by atoms with E-state index in [0.717, 1.165) is 42.8 Å². The van der Waals surface area contributed by atoms with Crippen LogP contribution in [-0.4, -0.2) is 36.6 Å². The third-order valence-electron chi connectivity index (χ3n) is 3.77. The summed E-state index contributed by atoms with van der Waals surface area (Å²) in [5, 5.41) is 0. The first-order valence-corrected chi connectivity index (χ1v) is 8.15. The van der Waals surface area contributed by atoms with Crippen LogP contribution in [0.25, 0.3) is 0 Å². The average molecular weight is 370 g/mol. The normalized spacial score (nSPS) is 15.6. The lowest BCUT2D eigenvalue weighted by molar-refractivity contribution is -0.148. The van der Waals surface area contributed by atoms with Gasteiger partial charge >= 0.3 is 5.97 Å². The van der Waals surface area contributed by atoms with Gasteiger partial charge in [-0.1, -0.05) is 6.07 Å². The first-order chi connectivity index (χ1) is 10.5. The van der Waals surface area contributed by atoms with Gasteiger partial charge in [0.2, 0.25) is 0 Å². The molecule has 2 rings (SSSR count). The minimum absolute atomic E-state index is 0.328. The number of anilines is 1. The summed E-state index contributed by atoms with van der Waals surface area (Å²) in [5.41, 5.74) is 4.93. The van der Waals surface area contributed by atoms with Gasteiger partial charge in [0.1, 0.15) is 10.4 Å². The highest BCUT2D eigenvalue weighted by Crippen LogP contribution is 2.25. The molecule has 7 heteroatoms. The molecule has 1 saturated heterocycles. The Morgan fingerprint density at radius 1 is 1.36 bits per heavy atom. The lowest BCUT2D eigenvalue weighted by Gasteiger charge is -2.32. The Kier molecular flexibility index (Phi) is 6.18. The summed E-state index contributed by atoms with van der Waals surface area (Å²) < 4.78 is 5.60. The third kappa shape index (κ3) is 5.29. The van der Waals surface area contributed by atoms with E-state index in [1.54, 1.807) is 0 Å².